The number of hydrogen-bond donors (Lipinski definition) is 1. The summed E-state index contributed by atoms with van der Waals surface area (Å²) < 4.78 is 11.3. The molecule has 0 saturated heterocycles. The fourth-order valence-electron chi connectivity index (χ4n) is 2.89. The summed E-state index contributed by atoms with van der Waals surface area (Å²) in [4.78, 5) is 30.6. The highest BCUT2D eigenvalue weighted by molar-refractivity contribution is 9.10. The van der Waals surface area contributed by atoms with Gasteiger partial charge in [-0.1, -0.05) is 6.92 Å². The van der Waals surface area contributed by atoms with Gasteiger partial charge in [-0.15, -0.1) is 11.3 Å². The number of thiazole rings is 1. The number of carbonyl (C=O) groups excluding carboxylic acids is 2. The van der Waals surface area contributed by atoms with Gasteiger partial charge in [-0.2, -0.15) is 0 Å². The van der Waals surface area contributed by atoms with Crippen LogP contribution in [0.3, 0.4) is 0 Å². The molecule has 0 radical (unpaired) electrons. The maximum Gasteiger partial charge on any atom is 0.293 e. The number of halogens is 1. The van der Waals surface area contributed by atoms with E-state index >= 15 is 0 Å². The normalized spacial score (nSPS) is 13.2. The van der Waals surface area contributed by atoms with Crippen molar-refractivity contribution in [2.24, 2.45) is 0 Å². The number of nitrogens with one attached hydrogen (secondary N) is 1. The van der Waals surface area contributed by atoms with Crippen molar-refractivity contribution in [2.45, 2.75) is 13.3 Å². The van der Waals surface area contributed by atoms with Gasteiger partial charge in [0.05, 0.1) is 11.4 Å². The number of furan rings is 1. The minimum absolute atomic E-state index is 0.0534. The molecule has 3 aromatic rings. The molecule has 0 aliphatic carbocycles. The van der Waals surface area contributed by atoms with Crippen LogP contribution in [0, 0.1) is 0 Å². The summed E-state index contributed by atoms with van der Waals surface area (Å²) >= 11 is 4.49. The number of aromatic nitrogens is 1. The van der Waals surface area contributed by atoms with Crippen LogP contribution < -0.4 is 15.0 Å². The van der Waals surface area contributed by atoms with Crippen LogP contribution in [-0.2, 0) is 4.79 Å². The molecule has 0 unspecified atom stereocenters. The summed E-state index contributed by atoms with van der Waals surface area (Å²) in [5, 5.41) is 5.04. The van der Waals surface area contributed by atoms with E-state index in [1.807, 2.05) is 30.5 Å². The number of amides is 2. The summed E-state index contributed by atoms with van der Waals surface area (Å²) in [6.45, 7) is 2.72. The third kappa shape index (κ3) is 3.67. The van der Waals surface area contributed by atoms with Gasteiger partial charge in [0.15, 0.2) is 22.2 Å². The van der Waals surface area contributed by atoms with Crippen LogP contribution in [0.15, 0.2) is 44.8 Å². The molecule has 2 aromatic heterocycles. The molecule has 0 atom stereocenters. The zero-order valence-electron chi connectivity index (χ0n) is 14.9. The summed E-state index contributed by atoms with van der Waals surface area (Å²) in [7, 11) is 0. The van der Waals surface area contributed by atoms with Crippen LogP contribution in [0.25, 0.3) is 11.3 Å². The Kier molecular flexibility index (Phi) is 5.19. The van der Waals surface area contributed by atoms with Crippen LogP contribution in [0.2, 0.25) is 0 Å². The van der Waals surface area contributed by atoms with Crippen molar-refractivity contribution < 1.29 is 18.7 Å². The second-order valence-corrected chi connectivity index (χ2v) is 7.75. The number of nitrogens with zero attached hydrogens (tertiary/aromatic N) is 2. The largest absolute Gasteiger partial charge is 0.482 e. The van der Waals surface area contributed by atoms with Crippen molar-refractivity contribution in [2.75, 3.05) is 23.4 Å². The van der Waals surface area contributed by atoms with Gasteiger partial charge in [-0.3, -0.25) is 14.9 Å². The van der Waals surface area contributed by atoms with Gasteiger partial charge in [0.1, 0.15) is 5.75 Å². The van der Waals surface area contributed by atoms with Gasteiger partial charge in [0.2, 0.25) is 0 Å². The number of hydrogen-bond acceptors (Lipinski definition) is 6. The molecule has 1 aliphatic rings. The minimum Gasteiger partial charge on any atom is -0.482 e. The predicted molar refractivity (Wildman–Crippen MR) is 110 cm³/mol. The molecule has 1 N–H and O–H groups in total. The summed E-state index contributed by atoms with van der Waals surface area (Å²) in [6, 6.07) is 8.87. The topological polar surface area (TPSA) is 84.7 Å². The number of benzene rings is 1. The van der Waals surface area contributed by atoms with E-state index in [0.717, 1.165) is 17.7 Å². The summed E-state index contributed by atoms with van der Waals surface area (Å²) in [6.07, 6.45) is 0.852. The molecule has 4 rings (SSSR count). The van der Waals surface area contributed by atoms with E-state index in [1.165, 1.54) is 11.3 Å². The van der Waals surface area contributed by atoms with E-state index in [9.17, 15) is 9.59 Å². The van der Waals surface area contributed by atoms with Crippen molar-refractivity contribution in [3.05, 3.63) is 46.1 Å². The highest BCUT2D eigenvalue weighted by Crippen LogP contribution is 2.37. The van der Waals surface area contributed by atoms with Crippen molar-refractivity contribution in [3.8, 4) is 17.0 Å². The Hall–Kier alpha value is -2.65. The van der Waals surface area contributed by atoms with Gasteiger partial charge in [-0.25, -0.2) is 4.98 Å². The number of anilines is 2. The third-order valence-electron chi connectivity index (χ3n) is 4.17. The van der Waals surface area contributed by atoms with Crippen molar-refractivity contribution in [1.29, 1.82) is 0 Å². The maximum atomic E-state index is 12.2. The highest BCUT2D eigenvalue weighted by Gasteiger charge is 2.25. The molecule has 144 valence electrons. The maximum absolute atomic E-state index is 12.2. The summed E-state index contributed by atoms with van der Waals surface area (Å²) in [5.41, 5.74) is 2.29. The highest BCUT2D eigenvalue weighted by atomic mass is 79.9. The SMILES string of the molecule is CCCN1C(=O)COc2ccc(-c3csc(NC(=O)c4ccc(Br)o4)n3)cc21. The molecule has 0 bridgehead atoms. The lowest BCUT2D eigenvalue weighted by Crippen LogP contribution is -2.39. The van der Waals surface area contributed by atoms with Gasteiger partial charge in [0.25, 0.3) is 11.8 Å². The Bertz CT molecular complexity index is 1050. The van der Waals surface area contributed by atoms with Gasteiger partial charge in [-0.05, 0) is 52.7 Å². The molecule has 9 heteroatoms. The molecule has 7 nitrogen and oxygen atoms in total. The van der Waals surface area contributed by atoms with Gasteiger partial charge >= 0.3 is 0 Å². The molecule has 1 aromatic carbocycles. The lowest BCUT2D eigenvalue weighted by atomic mass is 10.1. The van der Waals surface area contributed by atoms with Crippen LogP contribution in [-0.4, -0.2) is 29.9 Å². The number of carbonyl (C=O) groups is 2. The molecular weight excluding hydrogens is 446 g/mol. The third-order valence-corrected chi connectivity index (χ3v) is 5.35. The zero-order chi connectivity index (χ0) is 19.7. The van der Waals surface area contributed by atoms with Crippen LogP contribution in [0.5, 0.6) is 5.75 Å². The Labute approximate surface area is 173 Å². The quantitative estimate of drug-likeness (QED) is 0.601. The lowest BCUT2D eigenvalue weighted by Gasteiger charge is -2.29. The Morgan fingerprint density at radius 2 is 2.21 bits per heavy atom. The van der Waals surface area contributed by atoms with E-state index in [2.05, 4.69) is 26.2 Å². The van der Waals surface area contributed by atoms with E-state index in [1.54, 1.807) is 17.0 Å². The minimum atomic E-state index is -0.370. The first kappa shape index (κ1) is 18.7. The van der Waals surface area contributed by atoms with E-state index in [4.69, 9.17) is 9.15 Å². The Morgan fingerprint density at radius 3 is 2.96 bits per heavy atom. The fraction of sp³-hybridized carbons (Fsp3) is 0.211. The molecule has 28 heavy (non-hydrogen) atoms. The van der Waals surface area contributed by atoms with Gasteiger partial charge < -0.3 is 14.1 Å². The molecule has 0 fully saturated rings. The fourth-order valence-corrected chi connectivity index (χ4v) is 3.91. The predicted octanol–water partition coefficient (Wildman–Crippen LogP) is 4.55. The second kappa shape index (κ2) is 7.76. The lowest BCUT2D eigenvalue weighted by molar-refractivity contribution is -0.121. The molecule has 0 saturated carbocycles. The van der Waals surface area contributed by atoms with Crippen molar-refractivity contribution >= 4 is 49.9 Å². The number of rotatable bonds is 5. The zero-order valence-corrected chi connectivity index (χ0v) is 17.3. The monoisotopic (exact) mass is 461 g/mol. The molecule has 3 heterocycles. The Morgan fingerprint density at radius 1 is 1.36 bits per heavy atom. The van der Waals surface area contributed by atoms with Crippen molar-refractivity contribution in [3.63, 3.8) is 0 Å². The molecule has 1 aliphatic heterocycles. The van der Waals surface area contributed by atoms with Gasteiger partial charge in [0, 0.05) is 17.5 Å². The standard InChI is InChI=1S/C19H16BrN3O4S/c1-2-7-23-13-8-11(3-4-14(13)26-9-17(23)24)12-10-28-19(21-12)22-18(25)15-5-6-16(20)27-15/h3-6,8,10H,2,7,9H2,1H3,(H,21,22,25). The first-order valence-electron chi connectivity index (χ1n) is 8.65. The molecule has 0 spiro atoms. The number of fused-ring (bicyclic) bond motifs is 1. The summed E-state index contributed by atoms with van der Waals surface area (Å²) in [5.74, 6) is 0.458. The first-order valence-corrected chi connectivity index (χ1v) is 10.3. The molecular formula is C19H16BrN3O4S. The average Bonchev–Trinajstić information content (AvgIpc) is 3.33. The van der Waals surface area contributed by atoms with E-state index in [0.29, 0.717) is 27.8 Å². The first-order chi connectivity index (χ1) is 13.5. The second-order valence-electron chi connectivity index (χ2n) is 6.11. The van der Waals surface area contributed by atoms with E-state index in [-0.39, 0.29) is 24.2 Å². The molecule has 2 amide bonds. The van der Waals surface area contributed by atoms with E-state index < -0.39 is 0 Å². The van der Waals surface area contributed by atoms with Crippen LogP contribution in [0.1, 0.15) is 23.9 Å². The van der Waals surface area contributed by atoms with Crippen molar-refractivity contribution in [1.82, 2.24) is 4.98 Å². The van der Waals surface area contributed by atoms with Crippen LogP contribution >= 0.6 is 27.3 Å². The smallest absolute Gasteiger partial charge is 0.293 e. The number of ether oxygens (including phenoxy) is 1. The average molecular weight is 462 g/mol. The van der Waals surface area contributed by atoms with Crippen LogP contribution in [0.4, 0.5) is 10.8 Å². The Balaban J connectivity index is 1.57.